The van der Waals surface area contributed by atoms with Gasteiger partial charge in [0.25, 0.3) is 10.0 Å². The molecule has 20 heavy (non-hydrogen) atoms. The largest absolute Gasteiger partial charge is 0.392 e. The van der Waals surface area contributed by atoms with E-state index in [1.54, 1.807) is 0 Å². The van der Waals surface area contributed by atoms with Crippen molar-refractivity contribution in [3.05, 3.63) is 52.9 Å². The van der Waals surface area contributed by atoms with Crippen molar-refractivity contribution < 1.29 is 17.9 Å². The van der Waals surface area contributed by atoms with E-state index < -0.39 is 27.3 Å². The standard InChI is InChI=1S/C12H10ClFN2O3S/c13-9-2-1-5-15-12(9)16-20(18,19)11-6-8(7-17)3-4-10(11)14/h1-6,17H,7H2,(H,15,16). The molecule has 0 spiro atoms. The Bertz CT molecular complexity index is 737. The Hall–Kier alpha value is -1.70. The summed E-state index contributed by atoms with van der Waals surface area (Å²) in [5, 5.41) is 9.07. The van der Waals surface area contributed by atoms with Gasteiger partial charge >= 0.3 is 0 Å². The van der Waals surface area contributed by atoms with Crippen LogP contribution in [0.15, 0.2) is 41.4 Å². The molecule has 1 aromatic carbocycles. The minimum absolute atomic E-state index is 0.0924. The van der Waals surface area contributed by atoms with Crippen LogP contribution in [0, 0.1) is 5.82 Å². The molecule has 0 aliphatic carbocycles. The van der Waals surface area contributed by atoms with Crippen molar-refractivity contribution in [2.45, 2.75) is 11.5 Å². The lowest BCUT2D eigenvalue weighted by Gasteiger charge is -2.10. The molecule has 0 saturated carbocycles. The number of rotatable bonds is 4. The van der Waals surface area contributed by atoms with Gasteiger partial charge in [-0.2, -0.15) is 0 Å². The van der Waals surface area contributed by atoms with E-state index in [0.717, 1.165) is 12.1 Å². The van der Waals surface area contributed by atoms with Crippen LogP contribution in [0.4, 0.5) is 10.2 Å². The Morgan fingerprint density at radius 1 is 1.35 bits per heavy atom. The molecule has 1 heterocycles. The van der Waals surface area contributed by atoms with Crippen LogP contribution >= 0.6 is 11.6 Å². The molecular weight excluding hydrogens is 307 g/mol. The maximum absolute atomic E-state index is 13.7. The number of pyridine rings is 1. The molecule has 0 aliphatic heterocycles. The summed E-state index contributed by atoms with van der Waals surface area (Å²) in [5.41, 5.74) is 0.277. The molecule has 0 atom stereocenters. The first kappa shape index (κ1) is 14.7. The summed E-state index contributed by atoms with van der Waals surface area (Å²) in [4.78, 5) is 3.19. The van der Waals surface area contributed by atoms with E-state index in [0.29, 0.717) is 0 Å². The van der Waals surface area contributed by atoms with Gasteiger partial charge in [0, 0.05) is 6.20 Å². The zero-order valence-electron chi connectivity index (χ0n) is 10.0. The van der Waals surface area contributed by atoms with Gasteiger partial charge in [0.15, 0.2) is 5.82 Å². The Morgan fingerprint density at radius 3 is 2.75 bits per heavy atom. The van der Waals surface area contributed by atoms with Crippen molar-refractivity contribution in [1.29, 1.82) is 0 Å². The molecule has 0 bridgehead atoms. The number of anilines is 1. The molecule has 0 amide bonds. The topological polar surface area (TPSA) is 79.3 Å². The average molecular weight is 317 g/mol. The summed E-state index contributed by atoms with van der Waals surface area (Å²) in [6.45, 7) is -0.396. The van der Waals surface area contributed by atoms with Crippen LogP contribution in [-0.4, -0.2) is 18.5 Å². The van der Waals surface area contributed by atoms with Crippen molar-refractivity contribution >= 4 is 27.4 Å². The van der Waals surface area contributed by atoms with Gasteiger partial charge < -0.3 is 5.11 Å². The number of aliphatic hydroxyl groups is 1. The molecule has 2 rings (SSSR count). The second-order valence-electron chi connectivity index (χ2n) is 3.86. The highest BCUT2D eigenvalue weighted by Gasteiger charge is 2.21. The zero-order chi connectivity index (χ0) is 14.8. The molecule has 2 N–H and O–H groups in total. The number of benzene rings is 1. The minimum atomic E-state index is -4.18. The van der Waals surface area contributed by atoms with Crippen molar-refractivity contribution in [2.75, 3.05) is 4.72 Å². The van der Waals surface area contributed by atoms with Gasteiger partial charge in [-0.15, -0.1) is 0 Å². The molecule has 1 aromatic heterocycles. The summed E-state index contributed by atoms with van der Waals surface area (Å²) >= 11 is 5.79. The number of aliphatic hydroxyl groups excluding tert-OH is 1. The Balaban J connectivity index is 2.43. The lowest BCUT2D eigenvalue weighted by Crippen LogP contribution is -2.16. The van der Waals surface area contributed by atoms with E-state index in [-0.39, 0.29) is 16.4 Å². The lowest BCUT2D eigenvalue weighted by molar-refractivity contribution is 0.281. The quantitative estimate of drug-likeness (QED) is 0.906. The average Bonchev–Trinajstić information content (AvgIpc) is 2.41. The number of aromatic nitrogens is 1. The highest BCUT2D eigenvalue weighted by molar-refractivity contribution is 7.92. The number of sulfonamides is 1. The van der Waals surface area contributed by atoms with Crippen LogP contribution < -0.4 is 4.72 Å². The van der Waals surface area contributed by atoms with Gasteiger partial charge in [-0.25, -0.2) is 17.8 Å². The van der Waals surface area contributed by atoms with E-state index in [1.165, 1.54) is 24.4 Å². The first-order valence-electron chi connectivity index (χ1n) is 5.46. The van der Waals surface area contributed by atoms with E-state index in [1.807, 2.05) is 0 Å². The first-order chi connectivity index (χ1) is 9.44. The highest BCUT2D eigenvalue weighted by Crippen LogP contribution is 2.23. The van der Waals surface area contributed by atoms with Crippen LogP contribution in [0.5, 0.6) is 0 Å². The van der Waals surface area contributed by atoms with E-state index in [2.05, 4.69) is 9.71 Å². The third-order valence-corrected chi connectivity index (χ3v) is 4.12. The first-order valence-corrected chi connectivity index (χ1v) is 7.33. The van der Waals surface area contributed by atoms with Crippen molar-refractivity contribution in [3.63, 3.8) is 0 Å². The SMILES string of the molecule is O=S(=O)(Nc1ncccc1Cl)c1cc(CO)ccc1F. The van der Waals surface area contributed by atoms with E-state index in [4.69, 9.17) is 16.7 Å². The summed E-state index contributed by atoms with van der Waals surface area (Å²) in [6.07, 6.45) is 1.35. The Labute approximate surface area is 120 Å². The molecule has 106 valence electrons. The molecule has 0 fully saturated rings. The van der Waals surface area contributed by atoms with Crippen LogP contribution in [0.1, 0.15) is 5.56 Å². The summed E-state index contributed by atoms with van der Waals surface area (Å²) in [5.74, 6) is -1.02. The maximum Gasteiger partial charge on any atom is 0.266 e. The third-order valence-electron chi connectivity index (χ3n) is 2.46. The molecule has 0 unspecified atom stereocenters. The summed E-state index contributed by atoms with van der Waals surface area (Å²) in [6, 6.07) is 6.30. The molecule has 8 heteroatoms. The number of hydrogen-bond acceptors (Lipinski definition) is 4. The predicted molar refractivity (Wildman–Crippen MR) is 72.4 cm³/mol. The normalized spacial score (nSPS) is 11.3. The molecule has 0 aliphatic rings. The van der Waals surface area contributed by atoms with Gasteiger partial charge in [0.05, 0.1) is 11.6 Å². The second-order valence-corrected chi connectivity index (χ2v) is 5.92. The lowest BCUT2D eigenvalue weighted by atomic mass is 10.2. The third kappa shape index (κ3) is 3.06. The van der Waals surface area contributed by atoms with Gasteiger partial charge in [-0.1, -0.05) is 17.7 Å². The fourth-order valence-electron chi connectivity index (χ4n) is 1.50. The van der Waals surface area contributed by atoms with Crippen molar-refractivity contribution in [2.24, 2.45) is 0 Å². The fourth-order valence-corrected chi connectivity index (χ4v) is 2.88. The van der Waals surface area contributed by atoms with Gasteiger partial charge in [0.2, 0.25) is 0 Å². The number of nitrogens with zero attached hydrogens (tertiary/aromatic N) is 1. The summed E-state index contributed by atoms with van der Waals surface area (Å²) < 4.78 is 40.0. The molecule has 0 radical (unpaired) electrons. The van der Waals surface area contributed by atoms with E-state index >= 15 is 0 Å². The molecule has 5 nitrogen and oxygen atoms in total. The Morgan fingerprint density at radius 2 is 2.10 bits per heavy atom. The number of nitrogens with one attached hydrogen (secondary N) is 1. The highest BCUT2D eigenvalue weighted by atomic mass is 35.5. The van der Waals surface area contributed by atoms with Gasteiger partial charge in [-0.3, -0.25) is 4.72 Å². The predicted octanol–water partition coefficient (Wildman–Crippen LogP) is 2.17. The van der Waals surface area contributed by atoms with Crippen molar-refractivity contribution in [1.82, 2.24) is 4.98 Å². The zero-order valence-corrected chi connectivity index (χ0v) is 11.6. The van der Waals surface area contributed by atoms with Crippen LogP contribution in [0.2, 0.25) is 5.02 Å². The minimum Gasteiger partial charge on any atom is -0.392 e. The molecular formula is C12H10ClFN2O3S. The Kier molecular flexibility index (Phi) is 4.22. The van der Waals surface area contributed by atoms with E-state index in [9.17, 15) is 12.8 Å². The van der Waals surface area contributed by atoms with Crippen LogP contribution in [0.3, 0.4) is 0 Å². The molecule has 2 aromatic rings. The van der Waals surface area contributed by atoms with Crippen LogP contribution in [0.25, 0.3) is 0 Å². The van der Waals surface area contributed by atoms with Crippen LogP contribution in [-0.2, 0) is 16.6 Å². The molecule has 0 saturated heterocycles. The number of halogens is 2. The van der Waals surface area contributed by atoms with Crippen molar-refractivity contribution in [3.8, 4) is 0 Å². The summed E-state index contributed by atoms with van der Waals surface area (Å²) in [7, 11) is -4.18. The second kappa shape index (κ2) is 5.74. The smallest absolute Gasteiger partial charge is 0.266 e. The monoisotopic (exact) mass is 316 g/mol. The fraction of sp³-hybridized carbons (Fsp3) is 0.0833. The van der Waals surface area contributed by atoms with Gasteiger partial charge in [0.1, 0.15) is 10.7 Å². The number of hydrogen-bond donors (Lipinski definition) is 2. The van der Waals surface area contributed by atoms with Gasteiger partial charge in [-0.05, 0) is 29.8 Å². The maximum atomic E-state index is 13.7.